The number of hydrogen-bond acceptors (Lipinski definition) is 2. The Kier molecular flexibility index (Phi) is 6.15. The highest BCUT2D eigenvalue weighted by molar-refractivity contribution is 6.31. The van der Waals surface area contributed by atoms with E-state index in [1.165, 1.54) is 0 Å². The van der Waals surface area contributed by atoms with Crippen LogP contribution >= 0.6 is 11.6 Å². The molecule has 0 saturated heterocycles. The Balaban J connectivity index is 2.83. The fraction of sp³-hybridized carbons (Fsp3) is 0.625. The molecule has 0 aliphatic carbocycles. The summed E-state index contributed by atoms with van der Waals surface area (Å²) in [7, 11) is 0. The molecule has 19 heavy (non-hydrogen) atoms. The minimum Gasteiger partial charge on any atom is -0.490 e. The number of hydrogen-bond donors (Lipinski definition) is 1. The van der Waals surface area contributed by atoms with Gasteiger partial charge in [-0.2, -0.15) is 0 Å². The van der Waals surface area contributed by atoms with E-state index in [4.69, 9.17) is 16.3 Å². The summed E-state index contributed by atoms with van der Waals surface area (Å²) in [6.45, 7) is 11.4. The lowest BCUT2D eigenvalue weighted by Gasteiger charge is -2.23. The van der Waals surface area contributed by atoms with Crippen molar-refractivity contribution in [1.29, 1.82) is 0 Å². The van der Waals surface area contributed by atoms with Crippen LogP contribution in [0.25, 0.3) is 0 Å². The van der Waals surface area contributed by atoms with Crippen LogP contribution in [0.15, 0.2) is 18.2 Å². The molecule has 1 atom stereocenters. The first-order valence-electron chi connectivity index (χ1n) is 7.02. The SMILES string of the molecule is CCCC(C)Oc1cccc(Cl)c1CNC(C)(C)C. The summed E-state index contributed by atoms with van der Waals surface area (Å²) >= 11 is 6.30. The van der Waals surface area contributed by atoms with Gasteiger partial charge in [-0.1, -0.05) is 31.0 Å². The summed E-state index contributed by atoms with van der Waals surface area (Å²) in [6.07, 6.45) is 2.40. The Morgan fingerprint density at radius 1 is 1.32 bits per heavy atom. The Labute approximate surface area is 122 Å². The Morgan fingerprint density at radius 3 is 2.58 bits per heavy atom. The van der Waals surface area contributed by atoms with E-state index >= 15 is 0 Å². The van der Waals surface area contributed by atoms with Crippen molar-refractivity contribution in [2.24, 2.45) is 0 Å². The van der Waals surface area contributed by atoms with Crippen molar-refractivity contribution in [3.05, 3.63) is 28.8 Å². The molecule has 0 aliphatic heterocycles. The van der Waals surface area contributed by atoms with Crippen molar-refractivity contribution < 1.29 is 4.74 Å². The number of ether oxygens (including phenoxy) is 1. The van der Waals surface area contributed by atoms with Gasteiger partial charge in [0.15, 0.2) is 0 Å². The molecule has 0 fully saturated rings. The predicted molar refractivity (Wildman–Crippen MR) is 83.0 cm³/mol. The lowest BCUT2D eigenvalue weighted by molar-refractivity contribution is 0.207. The van der Waals surface area contributed by atoms with Crippen molar-refractivity contribution in [1.82, 2.24) is 5.32 Å². The van der Waals surface area contributed by atoms with E-state index in [-0.39, 0.29) is 11.6 Å². The molecule has 0 amide bonds. The number of halogens is 1. The smallest absolute Gasteiger partial charge is 0.125 e. The Bertz CT molecular complexity index is 398. The first-order chi connectivity index (χ1) is 8.83. The Morgan fingerprint density at radius 2 is 2.00 bits per heavy atom. The second-order valence-electron chi connectivity index (χ2n) is 6.04. The summed E-state index contributed by atoms with van der Waals surface area (Å²) in [6, 6.07) is 5.85. The monoisotopic (exact) mass is 283 g/mol. The van der Waals surface area contributed by atoms with Crippen molar-refractivity contribution in [3.63, 3.8) is 0 Å². The van der Waals surface area contributed by atoms with Gasteiger partial charge in [0.05, 0.1) is 6.10 Å². The minimum atomic E-state index is 0.0610. The lowest BCUT2D eigenvalue weighted by Crippen LogP contribution is -2.35. The van der Waals surface area contributed by atoms with Crippen molar-refractivity contribution in [2.45, 2.75) is 65.6 Å². The third kappa shape index (κ3) is 5.84. The normalized spacial score (nSPS) is 13.4. The average Bonchev–Trinajstić information content (AvgIpc) is 2.27. The van der Waals surface area contributed by atoms with Gasteiger partial charge >= 0.3 is 0 Å². The van der Waals surface area contributed by atoms with E-state index < -0.39 is 0 Å². The molecule has 0 aliphatic rings. The van der Waals surface area contributed by atoms with Crippen molar-refractivity contribution in [2.75, 3.05) is 0 Å². The molecule has 2 nitrogen and oxygen atoms in total. The fourth-order valence-corrected chi connectivity index (χ4v) is 2.09. The van der Waals surface area contributed by atoms with Gasteiger partial charge in [-0.25, -0.2) is 0 Å². The van der Waals surface area contributed by atoms with Gasteiger partial charge in [-0.05, 0) is 46.2 Å². The van der Waals surface area contributed by atoms with Gasteiger partial charge in [0.2, 0.25) is 0 Å². The molecule has 1 N–H and O–H groups in total. The molecular weight excluding hydrogens is 258 g/mol. The zero-order chi connectivity index (χ0) is 14.5. The van der Waals surface area contributed by atoms with E-state index in [9.17, 15) is 0 Å². The summed E-state index contributed by atoms with van der Waals surface area (Å²) < 4.78 is 6.01. The quantitative estimate of drug-likeness (QED) is 0.810. The fourth-order valence-electron chi connectivity index (χ4n) is 1.86. The number of nitrogens with one attached hydrogen (secondary N) is 1. The van der Waals surface area contributed by atoms with Gasteiger partial charge in [-0.3, -0.25) is 0 Å². The van der Waals surface area contributed by atoms with Gasteiger partial charge in [0, 0.05) is 22.7 Å². The van der Waals surface area contributed by atoms with Crippen LogP contribution in [-0.4, -0.2) is 11.6 Å². The topological polar surface area (TPSA) is 21.3 Å². The summed E-state index contributed by atoms with van der Waals surface area (Å²) in [5.41, 5.74) is 1.10. The molecule has 108 valence electrons. The zero-order valence-electron chi connectivity index (χ0n) is 12.7. The second kappa shape index (κ2) is 7.16. The maximum Gasteiger partial charge on any atom is 0.125 e. The van der Waals surface area contributed by atoms with Crippen LogP contribution in [0.2, 0.25) is 5.02 Å². The van der Waals surface area contributed by atoms with Crippen LogP contribution in [0.3, 0.4) is 0 Å². The van der Waals surface area contributed by atoms with Gasteiger partial charge in [0.25, 0.3) is 0 Å². The summed E-state index contributed by atoms with van der Waals surface area (Å²) in [5.74, 6) is 0.894. The van der Waals surface area contributed by atoms with Gasteiger partial charge in [0.1, 0.15) is 5.75 Å². The van der Waals surface area contributed by atoms with Crippen LogP contribution in [0.1, 0.15) is 53.0 Å². The third-order valence-corrected chi connectivity index (χ3v) is 3.25. The van der Waals surface area contributed by atoms with Crippen LogP contribution in [0.4, 0.5) is 0 Å². The molecule has 1 unspecified atom stereocenters. The first-order valence-corrected chi connectivity index (χ1v) is 7.40. The van der Waals surface area contributed by atoms with Crippen LogP contribution in [0.5, 0.6) is 5.75 Å². The van der Waals surface area contributed by atoms with E-state index in [0.29, 0.717) is 0 Å². The number of rotatable bonds is 6. The van der Waals surface area contributed by atoms with Gasteiger partial charge < -0.3 is 10.1 Å². The minimum absolute atomic E-state index is 0.0610. The summed E-state index contributed by atoms with van der Waals surface area (Å²) in [5, 5.41) is 4.22. The molecule has 1 aromatic rings. The highest BCUT2D eigenvalue weighted by atomic mass is 35.5. The standard InChI is InChI=1S/C16H26ClNO/c1-6-8-12(2)19-15-10-7-9-14(17)13(15)11-18-16(3,4)5/h7,9-10,12,18H,6,8,11H2,1-5H3. The molecule has 0 saturated carbocycles. The molecular formula is C16H26ClNO. The molecule has 1 rings (SSSR count). The van der Waals surface area contributed by atoms with E-state index in [0.717, 1.165) is 35.7 Å². The lowest BCUT2D eigenvalue weighted by atomic mass is 10.1. The maximum atomic E-state index is 6.30. The zero-order valence-corrected chi connectivity index (χ0v) is 13.5. The molecule has 0 heterocycles. The highest BCUT2D eigenvalue weighted by Gasteiger charge is 2.14. The third-order valence-electron chi connectivity index (χ3n) is 2.89. The van der Waals surface area contributed by atoms with Crippen molar-refractivity contribution >= 4 is 11.6 Å². The second-order valence-corrected chi connectivity index (χ2v) is 6.44. The molecule has 0 spiro atoms. The molecule has 0 bridgehead atoms. The maximum absolute atomic E-state index is 6.30. The molecule has 1 aromatic carbocycles. The van der Waals surface area contributed by atoms with Gasteiger partial charge in [-0.15, -0.1) is 0 Å². The predicted octanol–water partition coefficient (Wildman–Crippen LogP) is 4.80. The van der Waals surface area contributed by atoms with Crippen LogP contribution in [0, 0.1) is 0 Å². The molecule has 0 aromatic heterocycles. The van der Waals surface area contributed by atoms with E-state index in [1.54, 1.807) is 0 Å². The highest BCUT2D eigenvalue weighted by Crippen LogP contribution is 2.28. The van der Waals surface area contributed by atoms with Crippen LogP contribution < -0.4 is 10.1 Å². The Hall–Kier alpha value is -0.730. The average molecular weight is 284 g/mol. The van der Waals surface area contributed by atoms with E-state index in [2.05, 4.69) is 39.9 Å². The van der Waals surface area contributed by atoms with Crippen molar-refractivity contribution in [3.8, 4) is 5.75 Å². The first kappa shape index (κ1) is 16.3. The van der Waals surface area contributed by atoms with Crippen LogP contribution in [-0.2, 0) is 6.54 Å². The van der Waals surface area contributed by atoms with E-state index in [1.807, 2.05) is 18.2 Å². The molecule has 3 heteroatoms. The summed E-state index contributed by atoms with van der Waals surface area (Å²) in [4.78, 5) is 0. The largest absolute Gasteiger partial charge is 0.490 e. The molecule has 0 radical (unpaired) electrons. The number of benzene rings is 1.